The lowest BCUT2D eigenvalue weighted by atomic mass is 10.0. The normalized spacial score (nSPS) is 11.3. The van der Waals surface area contributed by atoms with E-state index in [1.807, 2.05) is 30.3 Å². The van der Waals surface area contributed by atoms with Crippen LogP contribution in [0.1, 0.15) is 35.1 Å². The monoisotopic (exact) mass is 439 g/mol. The fourth-order valence-corrected chi connectivity index (χ4v) is 4.69. The summed E-state index contributed by atoms with van der Waals surface area (Å²) in [4.78, 5) is 21.7. The first-order valence-electron chi connectivity index (χ1n) is 8.86. The minimum Gasteiger partial charge on any atom is -0.366 e. The number of rotatable bonds is 5. The van der Waals surface area contributed by atoms with Gasteiger partial charge >= 0.3 is 0 Å². The molecule has 0 spiro atoms. The van der Waals surface area contributed by atoms with Gasteiger partial charge in [0.15, 0.2) is 0 Å². The summed E-state index contributed by atoms with van der Waals surface area (Å²) >= 11 is 5.24. The minimum atomic E-state index is -0.462. The van der Waals surface area contributed by atoms with Gasteiger partial charge in [-0.25, -0.2) is 9.97 Å². The van der Waals surface area contributed by atoms with E-state index < -0.39 is 5.91 Å². The number of nitrogens with two attached hydrogens (primary N) is 1. The van der Waals surface area contributed by atoms with Crippen molar-refractivity contribution in [3.05, 3.63) is 57.5 Å². The van der Waals surface area contributed by atoms with Crippen molar-refractivity contribution in [2.45, 2.75) is 26.2 Å². The van der Waals surface area contributed by atoms with Crippen molar-refractivity contribution in [2.75, 3.05) is 0 Å². The standard InChI is InChI=1S/C21H18BrN3OS/c1-2-3-8-17-25-19-18(13-6-4-5-7-14(13)21(23)26)24-16-11-12(22)9-10-15(16)20(19)27-17/h4-7,9-11H,2-3,8H2,1H3,(H2,23,26). The average molecular weight is 440 g/mol. The van der Waals surface area contributed by atoms with Crippen LogP contribution in [-0.4, -0.2) is 15.9 Å². The van der Waals surface area contributed by atoms with Gasteiger partial charge in [-0.2, -0.15) is 0 Å². The lowest BCUT2D eigenvalue weighted by Crippen LogP contribution is -2.12. The smallest absolute Gasteiger partial charge is 0.249 e. The number of primary amides is 1. The molecule has 0 aliphatic carbocycles. The Bertz CT molecular complexity index is 1170. The largest absolute Gasteiger partial charge is 0.366 e. The zero-order valence-corrected chi connectivity index (χ0v) is 17.2. The SMILES string of the molecule is CCCCc1nc2c(-c3ccccc3C(N)=O)nc3cc(Br)ccc3c2s1. The van der Waals surface area contributed by atoms with Gasteiger partial charge in [0, 0.05) is 21.0 Å². The first-order chi connectivity index (χ1) is 13.1. The number of amides is 1. The molecule has 0 aliphatic rings. The Morgan fingerprint density at radius 1 is 1.19 bits per heavy atom. The molecular formula is C21H18BrN3OS. The van der Waals surface area contributed by atoms with E-state index in [-0.39, 0.29) is 0 Å². The number of unbranched alkanes of at least 4 members (excludes halogenated alkanes) is 1. The van der Waals surface area contributed by atoms with Gasteiger partial charge in [-0.3, -0.25) is 4.79 Å². The minimum absolute atomic E-state index is 0.462. The molecule has 2 N–H and O–H groups in total. The highest BCUT2D eigenvalue weighted by Gasteiger charge is 2.19. The highest BCUT2D eigenvalue weighted by molar-refractivity contribution is 9.10. The Kier molecular flexibility index (Phi) is 4.93. The molecule has 27 heavy (non-hydrogen) atoms. The highest BCUT2D eigenvalue weighted by atomic mass is 79.9. The molecule has 4 rings (SSSR count). The van der Waals surface area contributed by atoms with E-state index in [0.29, 0.717) is 11.3 Å². The summed E-state index contributed by atoms with van der Waals surface area (Å²) < 4.78 is 2.07. The van der Waals surface area contributed by atoms with Crippen molar-refractivity contribution in [3.8, 4) is 11.3 Å². The number of benzene rings is 2. The third-order valence-electron chi connectivity index (χ3n) is 4.52. The van der Waals surface area contributed by atoms with Crippen LogP contribution in [0.4, 0.5) is 0 Å². The molecule has 4 nitrogen and oxygen atoms in total. The van der Waals surface area contributed by atoms with E-state index in [1.54, 1.807) is 17.4 Å². The van der Waals surface area contributed by atoms with Crippen LogP contribution in [0.3, 0.4) is 0 Å². The molecule has 2 aromatic heterocycles. The van der Waals surface area contributed by atoms with Gasteiger partial charge in [0.05, 0.1) is 20.9 Å². The van der Waals surface area contributed by atoms with Crippen molar-refractivity contribution in [3.63, 3.8) is 0 Å². The number of nitrogens with zero attached hydrogens (tertiary/aromatic N) is 2. The summed E-state index contributed by atoms with van der Waals surface area (Å²) in [5, 5.41) is 2.18. The Labute approximate surface area is 169 Å². The zero-order valence-electron chi connectivity index (χ0n) is 14.8. The number of hydrogen-bond donors (Lipinski definition) is 1. The maximum atomic E-state index is 12.0. The number of pyridine rings is 1. The van der Waals surface area contributed by atoms with Crippen LogP contribution in [0.25, 0.3) is 32.4 Å². The molecule has 0 bridgehead atoms. The molecular weight excluding hydrogens is 422 g/mol. The second kappa shape index (κ2) is 7.37. The summed E-state index contributed by atoms with van der Waals surface area (Å²) in [5.74, 6) is -0.462. The Hall–Kier alpha value is -2.31. The molecule has 2 aromatic carbocycles. The van der Waals surface area contributed by atoms with Crippen LogP contribution < -0.4 is 5.73 Å². The van der Waals surface area contributed by atoms with Crippen LogP contribution in [0.2, 0.25) is 0 Å². The number of thiazole rings is 1. The molecule has 0 radical (unpaired) electrons. The van der Waals surface area contributed by atoms with Crippen LogP contribution in [0.15, 0.2) is 46.9 Å². The van der Waals surface area contributed by atoms with Crippen molar-refractivity contribution in [1.82, 2.24) is 9.97 Å². The lowest BCUT2D eigenvalue weighted by molar-refractivity contribution is 0.100. The van der Waals surface area contributed by atoms with E-state index in [1.165, 1.54) is 0 Å². The van der Waals surface area contributed by atoms with Crippen molar-refractivity contribution in [1.29, 1.82) is 0 Å². The van der Waals surface area contributed by atoms with Gasteiger partial charge in [0.2, 0.25) is 5.91 Å². The summed E-state index contributed by atoms with van der Waals surface area (Å²) in [6.07, 6.45) is 3.17. The predicted octanol–water partition coefficient (Wildman–Crippen LogP) is 5.72. The van der Waals surface area contributed by atoms with E-state index in [0.717, 1.165) is 55.4 Å². The summed E-state index contributed by atoms with van der Waals surface area (Å²) in [5.41, 5.74) is 9.23. The van der Waals surface area contributed by atoms with Gasteiger partial charge in [0.1, 0.15) is 5.52 Å². The molecule has 1 amide bonds. The molecule has 4 aromatic rings. The summed E-state index contributed by atoms with van der Waals surface area (Å²) in [6.45, 7) is 2.18. The Morgan fingerprint density at radius 3 is 2.78 bits per heavy atom. The Balaban J connectivity index is 2.06. The number of halogens is 1. The molecule has 0 saturated carbocycles. The van der Waals surface area contributed by atoms with Crippen LogP contribution in [0, 0.1) is 0 Å². The molecule has 0 atom stereocenters. The first kappa shape index (κ1) is 18.1. The Morgan fingerprint density at radius 2 is 2.00 bits per heavy atom. The third-order valence-corrected chi connectivity index (χ3v) is 6.17. The van der Waals surface area contributed by atoms with Crippen LogP contribution >= 0.6 is 27.3 Å². The maximum Gasteiger partial charge on any atom is 0.249 e. The molecule has 0 fully saturated rings. The van der Waals surface area contributed by atoms with Gasteiger partial charge in [0.25, 0.3) is 0 Å². The first-order valence-corrected chi connectivity index (χ1v) is 10.5. The molecule has 0 unspecified atom stereocenters. The quantitative estimate of drug-likeness (QED) is 0.432. The fraction of sp³-hybridized carbons (Fsp3) is 0.190. The number of fused-ring (bicyclic) bond motifs is 3. The number of aromatic nitrogens is 2. The number of carbonyl (C=O) groups is 1. The van der Waals surface area contributed by atoms with E-state index >= 15 is 0 Å². The second-order valence-corrected chi connectivity index (χ2v) is 8.42. The van der Waals surface area contributed by atoms with Gasteiger partial charge in [-0.1, -0.05) is 53.5 Å². The van der Waals surface area contributed by atoms with E-state index in [9.17, 15) is 4.79 Å². The fourth-order valence-electron chi connectivity index (χ4n) is 3.20. The van der Waals surface area contributed by atoms with Gasteiger partial charge in [-0.05, 0) is 31.0 Å². The van der Waals surface area contributed by atoms with Crippen molar-refractivity contribution >= 4 is 54.3 Å². The molecule has 0 saturated heterocycles. The number of carbonyl (C=O) groups excluding carboxylic acids is 1. The van der Waals surface area contributed by atoms with E-state index in [2.05, 4.69) is 28.9 Å². The molecule has 136 valence electrons. The molecule has 6 heteroatoms. The van der Waals surface area contributed by atoms with Crippen molar-refractivity contribution < 1.29 is 4.79 Å². The van der Waals surface area contributed by atoms with E-state index in [4.69, 9.17) is 15.7 Å². The lowest BCUT2D eigenvalue weighted by Gasteiger charge is -2.09. The third kappa shape index (κ3) is 3.35. The summed E-state index contributed by atoms with van der Waals surface area (Å²) in [7, 11) is 0. The maximum absolute atomic E-state index is 12.0. The predicted molar refractivity (Wildman–Crippen MR) is 115 cm³/mol. The summed E-state index contributed by atoms with van der Waals surface area (Å²) in [6, 6.07) is 13.4. The topological polar surface area (TPSA) is 68.9 Å². The van der Waals surface area contributed by atoms with Crippen LogP contribution in [-0.2, 0) is 6.42 Å². The molecule has 0 aliphatic heterocycles. The highest BCUT2D eigenvalue weighted by Crippen LogP contribution is 2.37. The van der Waals surface area contributed by atoms with Gasteiger partial charge < -0.3 is 5.73 Å². The average Bonchev–Trinajstić information content (AvgIpc) is 3.09. The van der Waals surface area contributed by atoms with Crippen LogP contribution in [0.5, 0.6) is 0 Å². The number of aryl methyl sites for hydroxylation is 1. The zero-order chi connectivity index (χ0) is 19.0. The number of hydrogen-bond acceptors (Lipinski definition) is 4. The van der Waals surface area contributed by atoms with Crippen molar-refractivity contribution in [2.24, 2.45) is 5.73 Å². The molecule has 2 heterocycles. The van der Waals surface area contributed by atoms with Gasteiger partial charge in [-0.15, -0.1) is 11.3 Å². The second-order valence-electron chi connectivity index (χ2n) is 6.42.